The van der Waals surface area contributed by atoms with Gasteiger partial charge in [-0.3, -0.25) is 0 Å². The molecule has 5 heteroatoms. The minimum Gasteiger partial charge on any atom is -0.323 e. The summed E-state index contributed by atoms with van der Waals surface area (Å²) < 4.78 is 0.792. The van der Waals surface area contributed by atoms with Gasteiger partial charge in [-0.05, 0) is 26.0 Å². The Balaban J connectivity index is 2.42. The molecule has 1 unspecified atom stereocenters. The van der Waals surface area contributed by atoms with Crippen molar-refractivity contribution in [3.8, 4) is 9.88 Å². The maximum atomic E-state index is 5.89. The van der Waals surface area contributed by atoms with Crippen LogP contribution in [0.25, 0.3) is 9.88 Å². The number of aromatic nitrogens is 1. The zero-order valence-corrected chi connectivity index (χ0v) is 10.8. The van der Waals surface area contributed by atoms with Gasteiger partial charge in [0.15, 0.2) is 0 Å². The van der Waals surface area contributed by atoms with Crippen molar-refractivity contribution in [2.75, 3.05) is 0 Å². The molecule has 0 aliphatic carbocycles. The summed E-state index contributed by atoms with van der Waals surface area (Å²) in [6.45, 7) is 3.97. The molecule has 0 radical (unpaired) electrons. The van der Waals surface area contributed by atoms with Crippen molar-refractivity contribution in [3.63, 3.8) is 0 Å². The molecule has 0 aliphatic rings. The summed E-state index contributed by atoms with van der Waals surface area (Å²) in [6, 6.07) is 3.94. The fourth-order valence-corrected chi connectivity index (χ4v) is 3.48. The van der Waals surface area contributed by atoms with E-state index in [0.29, 0.717) is 0 Å². The Labute approximate surface area is 102 Å². The summed E-state index contributed by atoms with van der Waals surface area (Å²) >= 11 is 9.09. The largest absolute Gasteiger partial charge is 0.323 e. The molecule has 2 heterocycles. The van der Waals surface area contributed by atoms with Crippen molar-refractivity contribution in [1.29, 1.82) is 0 Å². The number of hydrogen-bond donors (Lipinski definition) is 1. The van der Waals surface area contributed by atoms with E-state index in [1.54, 1.807) is 22.7 Å². The fourth-order valence-electron chi connectivity index (χ4n) is 1.37. The molecule has 1 atom stereocenters. The van der Waals surface area contributed by atoms with Crippen LogP contribution < -0.4 is 5.73 Å². The van der Waals surface area contributed by atoms with Crippen LogP contribution in [0.5, 0.6) is 0 Å². The van der Waals surface area contributed by atoms with Gasteiger partial charge in [0.05, 0.1) is 14.9 Å². The van der Waals surface area contributed by atoms with Crippen LogP contribution in [0, 0.1) is 6.92 Å². The second kappa shape index (κ2) is 4.22. The molecule has 2 nitrogen and oxygen atoms in total. The third-order valence-corrected chi connectivity index (χ3v) is 4.79. The van der Waals surface area contributed by atoms with E-state index < -0.39 is 0 Å². The van der Waals surface area contributed by atoms with Crippen molar-refractivity contribution in [1.82, 2.24) is 4.98 Å². The van der Waals surface area contributed by atoms with Gasteiger partial charge in [-0.25, -0.2) is 4.98 Å². The summed E-state index contributed by atoms with van der Waals surface area (Å²) in [5.74, 6) is 0. The van der Waals surface area contributed by atoms with E-state index in [2.05, 4.69) is 4.98 Å². The lowest BCUT2D eigenvalue weighted by Crippen LogP contribution is -2.03. The normalized spacial score (nSPS) is 13.1. The summed E-state index contributed by atoms with van der Waals surface area (Å²) in [5.41, 5.74) is 6.88. The summed E-state index contributed by atoms with van der Waals surface area (Å²) in [4.78, 5) is 6.76. The first-order valence-corrected chi connectivity index (χ1v) is 6.57. The number of aryl methyl sites for hydroxylation is 1. The first kappa shape index (κ1) is 11.1. The highest BCUT2D eigenvalue weighted by Gasteiger charge is 2.13. The van der Waals surface area contributed by atoms with Crippen molar-refractivity contribution >= 4 is 34.3 Å². The third kappa shape index (κ3) is 2.23. The number of nitrogens with zero attached hydrogens (tertiary/aromatic N) is 1. The molecule has 0 bridgehead atoms. The fraction of sp³-hybridized carbons (Fsp3) is 0.300. The smallest absolute Gasteiger partial charge is 0.133 e. The molecule has 0 aromatic carbocycles. The molecule has 0 saturated heterocycles. The number of halogens is 1. The minimum absolute atomic E-state index is 0.0479. The van der Waals surface area contributed by atoms with Crippen LogP contribution in [0.3, 0.4) is 0 Å². The number of hydrogen-bond acceptors (Lipinski definition) is 4. The quantitative estimate of drug-likeness (QED) is 0.889. The third-order valence-electron chi connectivity index (χ3n) is 2.03. The summed E-state index contributed by atoms with van der Waals surface area (Å²) in [7, 11) is 0. The zero-order chi connectivity index (χ0) is 11.0. The predicted octanol–water partition coefficient (Wildman–Crippen LogP) is 3.85. The van der Waals surface area contributed by atoms with Crippen LogP contribution >= 0.6 is 34.3 Å². The number of nitrogens with two attached hydrogens (primary N) is 1. The SMILES string of the molecule is Cc1nc(-c2ccc(Cl)s2)sc1C(C)N. The van der Waals surface area contributed by atoms with Crippen molar-refractivity contribution in [2.24, 2.45) is 5.73 Å². The molecule has 2 N–H and O–H groups in total. The summed E-state index contributed by atoms with van der Waals surface area (Å²) in [5, 5.41) is 1.01. The minimum atomic E-state index is 0.0479. The number of thiophene rings is 1. The van der Waals surface area contributed by atoms with Gasteiger partial charge >= 0.3 is 0 Å². The van der Waals surface area contributed by atoms with E-state index in [1.165, 1.54) is 0 Å². The van der Waals surface area contributed by atoms with Crippen molar-refractivity contribution < 1.29 is 0 Å². The maximum absolute atomic E-state index is 5.89. The van der Waals surface area contributed by atoms with E-state index >= 15 is 0 Å². The molecule has 2 rings (SSSR count). The standard InChI is InChI=1S/C10H11ClN2S2/c1-5(12)9-6(2)13-10(15-9)7-3-4-8(11)14-7/h3-5H,12H2,1-2H3. The lowest BCUT2D eigenvalue weighted by atomic mass is 10.2. The highest BCUT2D eigenvalue weighted by molar-refractivity contribution is 7.23. The molecule has 80 valence electrons. The zero-order valence-electron chi connectivity index (χ0n) is 8.45. The highest BCUT2D eigenvalue weighted by atomic mass is 35.5. The van der Waals surface area contributed by atoms with E-state index in [4.69, 9.17) is 17.3 Å². The van der Waals surface area contributed by atoms with Crippen molar-refractivity contribution in [3.05, 3.63) is 27.0 Å². The van der Waals surface area contributed by atoms with Crippen LogP contribution in [0.1, 0.15) is 23.5 Å². The van der Waals surface area contributed by atoms with Crippen LogP contribution in [-0.4, -0.2) is 4.98 Å². The van der Waals surface area contributed by atoms with Crippen LogP contribution in [-0.2, 0) is 0 Å². The van der Waals surface area contributed by atoms with Gasteiger partial charge < -0.3 is 5.73 Å². The highest BCUT2D eigenvalue weighted by Crippen LogP contribution is 2.36. The van der Waals surface area contributed by atoms with E-state index in [-0.39, 0.29) is 6.04 Å². The van der Waals surface area contributed by atoms with E-state index in [9.17, 15) is 0 Å². The Morgan fingerprint density at radius 1 is 1.40 bits per heavy atom. The molecule has 0 fully saturated rings. The Kier molecular flexibility index (Phi) is 3.11. The second-order valence-corrected chi connectivity index (χ2v) is 6.11. The Hall–Kier alpha value is -0.420. The first-order valence-electron chi connectivity index (χ1n) is 4.56. The molecule has 0 aliphatic heterocycles. The van der Waals surface area contributed by atoms with E-state index in [1.807, 2.05) is 26.0 Å². The van der Waals surface area contributed by atoms with Gasteiger partial charge in [0.2, 0.25) is 0 Å². The van der Waals surface area contributed by atoms with Gasteiger partial charge in [0.25, 0.3) is 0 Å². The van der Waals surface area contributed by atoms with Gasteiger partial charge in [-0.2, -0.15) is 0 Å². The predicted molar refractivity (Wildman–Crippen MR) is 67.8 cm³/mol. The molecular formula is C10H11ClN2S2. The lowest BCUT2D eigenvalue weighted by molar-refractivity contribution is 0.825. The number of rotatable bonds is 2. The molecule has 2 aromatic heterocycles. The topological polar surface area (TPSA) is 38.9 Å². The van der Waals surface area contributed by atoms with Crippen molar-refractivity contribution in [2.45, 2.75) is 19.9 Å². The number of thiazole rings is 1. The van der Waals surface area contributed by atoms with Crippen LogP contribution in [0.2, 0.25) is 4.34 Å². The molecule has 0 saturated carbocycles. The van der Waals surface area contributed by atoms with E-state index in [0.717, 1.165) is 24.8 Å². The monoisotopic (exact) mass is 258 g/mol. The maximum Gasteiger partial charge on any atom is 0.133 e. The Morgan fingerprint density at radius 2 is 2.13 bits per heavy atom. The Morgan fingerprint density at radius 3 is 2.60 bits per heavy atom. The average Bonchev–Trinajstić information content (AvgIpc) is 2.71. The average molecular weight is 259 g/mol. The lowest BCUT2D eigenvalue weighted by Gasteiger charge is -1.99. The Bertz CT molecular complexity index is 473. The van der Waals surface area contributed by atoms with Gasteiger partial charge in [-0.15, -0.1) is 22.7 Å². The molecule has 2 aromatic rings. The molecular weight excluding hydrogens is 248 g/mol. The summed E-state index contributed by atoms with van der Waals surface area (Å²) in [6.07, 6.45) is 0. The molecule has 0 amide bonds. The van der Waals surface area contributed by atoms with Crippen LogP contribution in [0.4, 0.5) is 0 Å². The molecule has 0 spiro atoms. The molecule has 15 heavy (non-hydrogen) atoms. The second-order valence-electron chi connectivity index (χ2n) is 3.36. The first-order chi connectivity index (χ1) is 7.08. The van der Waals surface area contributed by atoms with Crippen LogP contribution in [0.15, 0.2) is 12.1 Å². The van der Waals surface area contributed by atoms with Gasteiger partial charge in [0, 0.05) is 10.9 Å². The van der Waals surface area contributed by atoms with Gasteiger partial charge in [0.1, 0.15) is 5.01 Å². The van der Waals surface area contributed by atoms with Gasteiger partial charge in [-0.1, -0.05) is 11.6 Å².